The minimum atomic E-state index is -3.41. The van der Waals surface area contributed by atoms with Crippen molar-refractivity contribution in [2.75, 3.05) is 40.9 Å². The van der Waals surface area contributed by atoms with Crippen LogP contribution in [-0.4, -0.2) is 83.5 Å². The van der Waals surface area contributed by atoms with Crippen LogP contribution in [0.2, 0.25) is 0 Å². The number of carbonyl (C=O) groups excluding carboxylic acids is 4. The number of carbonyl (C=O) groups is 4. The predicted molar refractivity (Wildman–Crippen MR) is 209 cm³/mol. The van der Waals surface area contributed by atoms with Gasteiger partial charge in [0.2, 0.25) is 27.8 Å². The molecule has 56 heavy (non-hydrogen) atoms. The van der Waals surface area contributed by atoms with Gasteiger partial charge in [-0.3, -0.25) is 34.1 Å². The van der Waals surface area contributed by atoms with Crippen LogP contribution in [-0.2, 0) is 19.6 Å². The van der Waals surface area contributed by atoms with Crippen LogP contribution in [0.1, 0.15) is 59.2 Å². The summed E-state index contributed by atoms with van der Waals surface area (Å²) in [6.45, 7) is 2.24. The number of amides is 4. The number of benzene rings is 3. The highest BCUT2D eigenvalue weighted by atomic mass is 32.2. The number of fused-ring (bicyclic) bond motifs is 2. The lowest BCUT2D eigenvalue weighted by atomic mass is 9.92. The summed E-state index contributed by atoms with van der Waals surface area (Å²) in [6, 6.07) is 23.0. The van der Waals surface area contributed by atoms with E-state index in [1.807, 2.05) is 30.3 Å². The lowest BCUT2D eigenvalue weighted by Crippen LogP contribution is -2.54. The third-order valence-corrected chi connectivity index (χ3v) is 11.0. The Hall–Kier alpha value is -6.29. The number of rotatable bonds is 12. The van der Waals surface area contributed by atoms with Crippen LogP contribution < -0.4 is 25.0 Å². The SMILES string of the molecule is CS(=O)(=O)Nc1cccc(-c2ccc3cnc(Nc4ccc(N5CCC(CCCOc6cccc7c6C(=O)N(C6CCC(=O)NC6=O)C7=O)CC5)cc4)nn23)c1. The zero-order valence-electron chi connectivity index (χ0n) is 30.6. The van der Waals surface area contributed by atoms with E-state index in [1.165, 1.54) is 0 Å². The van der Waals surface area contributed by atoms with E-state index in [4.69, 9.17) is 9.84 Å². The van der Waals surface area contributed by atoms with E-state index < -0.39 is 39.7 Å². The van der Waals surface area contributed by atoms with Crippen LogP contribution >= 0.6 is 0 Å². The fourth-order valence-electron chi connectivity index (χ4n) is 7.66. The summed E-state index contributed by atoms with van der Waals surface area (Å²) in [6.07, 6.45) is 6.85. The summed E-state index contributed by atoms with van der Waals surface area (Å²) < 4.78 is 33.8. The van der Waals surface area contributed by atoms with Gasteiger partial charge in [-0.25, -0.2) is 17.9 Å². The molecule has 0 aliphatic carbocycles. The second-order valence-electron chi connectivity index (χ2n) is 14.3. The van der Waals surface area contributed by atoms with Crippen LogP contribution in [0, 0.1) is 5.92 Å². The number of hydrogen-bond donors (Lipinski definition) is 3. The fourth-order valence-corrected chi connectivity index (χ4v) is 8.21. The quantitative estimate of drug-likeness (QED) is 0.115. The first-order chi connectivity index (χ1) is 27.0. The van der Waals surface area contributed by atoms with Gasteiger partial charge in [0.1, 0.15) is 11.8 Å². The second-order valence-corrected chi connectivity index (χ2v) is 16.1. The highest BCUT2D eigenvalue weighted by molar-refractivity contribution is 7.92. The largest absolute Gasteiger partial charge is 0.493 e. The van der Waals surface area contributed by atoms with Gasteiger partial charge in [0.05, 0.1) is 41.4 Å². The van der Waals surface area contributed by atoms with Gasteiger partial charge >= 0.3 is 0 Å². The number of nitrogens with one attached hydrogen (secondary N) is 3. The van der Waals surface area contributed by atoms with Gasteiger partial charge in [-0.05, 0) is 98.7 Å². The molecule has 1 unspecified atom stereocenters. The third-order valence-electron chi connectivity index (χ3n) is 10.4. The van der Waals surface area contributed by atoms with E-state index in [0.29, 0.717) is 29.9 Å². The van der Waals surface area contributed by atoms with Crippen LogP contribution in [0.25, 0.3) is 16.8 Å². The number of ether oxygens (including phenoxy) is 1. The predicted octanol–water partition coefficient (Wildman–Crippen LogP) is 4.99. The molecule has 2 fully saturated rings. The Morgan fingerprint density at radius 3 is 2.45 bits per heavy atom. The van der Waals surface area contributed by atoms with Crippen molar-refractivity contribution in [1.29, 1.82) is 0 Å². The van der Waals surface area contributed by atoms with E-state index in [-0.39, 0.29) is 24.0 Å². The maximum absolute atomic E-state index is 13.3. The molecule has 8 rings (SSSR count). The molecule has 0 spiro atoms. The maximum Gasteiger partial charge on any atom is 0.266 e. The van der Waals surface area contributed by atoms with Crippen molar-refractivity contribution in [2.45, 2.75) is 44.6 Å². The van der Waals surface area contributed by atoms with E-state index in [0.717, 1.165) is 78.1 Å². The molecule has 2 aromatic heterocycles. The standard InChI is InChI=1S/C40H40N8O7S/c1-56(53,54)45-28-7-2-6-26(23-28)32-15-14-30-24-41-40(44-48(30)32)42-27-10-12-29(13-11-27)46-20-18-25(19-21-46)5-4-22-55-34-9-3-8-31-36(34)39(52)47(38(31)51)33-16-17-35(49)43-37(33)50/h2-3,6-15,23-25,33,45H,4-5,16-22H2,1H3,(H,42,44)(H,43,49,50). The molecule has 16 heteroatoms. The topological polar surface area (TPSA) is 184 Å². The van der Waals surface area contributed by atoms with Gasteiger partial charge in [0.15, 0.2) is 0 Å². The Balaban J connectivity index is 0.820. The molecule has 3 aliphatic heterocycles. The molecule has 0 saturated carbocycles. The molecular weight excluding hydrogens is 737 g/mol. The van der Waals surface area contributed by atoms with Crippen molar-refractivity contribution in [3.05, 3.63) is 96.2 Å². The minimum absolute atomic E-state index is 0.0658. The average molecular weight is 777 g/mol. The van der Waals surface area contributed by atoms with Crippen LogP contribution in [0.15, 0.2) is 85.1 Å². The number of imide groups is 2. The van der Waals surface area contributed by atoms with Gasteiger partial charge in [-0.2, -0.15) is 0 Å². The van der Waals surface area contributed by atoms with E-state index >= 15 is 0 Å². The smallest absolute Gasteiger partial charge is 0.266 e. The Morgan fingerprint density at radius 2 is 1.68 bits per heavy atom. The van der Waals surface area contributed by atoms with Crippen molar-refractivity contribution in [3.8, 4) is 17.0 Å². The lowest BCUT2D eigenvalue weighted by Gasteiger charge is -2.33. The molecule has 2 saturated heterocycles. The normalized spacial score (nSPS) is 17.6. The summed E-state index contributed by atoms with van der Waals surface area (Å²) in [4.78, 5) is 58.3. The minimum Gasteiger partial charge on any atom is -0.493 e. The van der Waals surface area contributed by atoms with Gasteiger partial charge < -0.3 is 15.0 Å². The molecular formula is C40H40N8O7S. The molecule has 3 aromatic carbocycles. The average Bonchev–Trinajstić information content (AvgIpc) is 3.71. The van der Waals surface area contributed by atoms with Crippen LogP contribution in [0.4, 0.5) is 23.0 Å². The fraction of sp³-hybridized carbons (Fsp3) is 0.300. The molecule has 0 bridgehead atoms. The van der Waals surface area contributed by atoms with Gasteiger partial charge in [0, 0.05) is 42.1 Å². The highest BCUT2D eigenvalue weighted by Gasteiger charge is 2.46. The number of sulfonamides is 1. The zero-order chi connectivity index (χ0) is 39.0. The van der Waals surface area contributed by atoms with Crippen molar-refractivity contribution in [3.63, 3.8) is 0 Å². The molecule has 1 atom stereocenters. The number of piperidine rings is 2. The van der Waals surface area contributed by atoms with E-state index in [9.17, 15) is 27.6 Å². The van der Waals surface area contributed by atoms with E-state index in [1.54, 1.807) is 47.1 Å². The Labute approximate surface area is 323 Å². The summed E-state index contributed by atoms with van der Waals surface area (Å²) in [5.74, 6) is -0.886. The Morgan fingerprint density at radius 1 is 0.893 bits per heavy atom. The molecule has 3 N–H and O–H groups in total. The number of hydrogen-bond acceptors (Lipinski definition) is 11. The van der Waals surface area contributed by atoms with Crippen molar-refractivity contribution < 1.29 is 32.3 Å². The molecule has 3 aliphatic rings. The maximum atomic E-state index is 13.3. The number of anilines is 4. The molecule has 5 heterocycles. The summed E-state index contributed by atoms with van der Waals surface area (Å²) in [5, 5.41) is 10.2. The molecule has 288 valence electrons. The summed E-state index contributed by atoms with van der Waals surface area (Å²) in [5.41, 5.74) is 5.22. The molecule has 0 radical (unpaired) electrons. The Kier molecular flexibility index (Phi) is 9.88. The summed E-state index contributed by atoms with van der Waals surface area (Å²) in [7, 11) is -3.41. The molecule has 4 amide bonds. The first-order valence-corrected chi connectivity index (χ1v) is 20.4. The van der Waals surface area contributed by atoms with Gasteiger partial charge in [0.25, 0.3) is 11.8 Å². The number of nitrogens with zero attached hydrogens (tertiary/aromatic N) is 5. The Bertz CT molecular complexity index is 2460. The van der Waals surface area contributed by atoms with Crippen molar-refractivity contribution >= 4 is 62.2 Å². The lowest BCUT2D eigenvalue weighted by molar-refractivity contribution is -0.136. The molecule has 15 nitrogen and oxygen atoms in total. The second kappa shape index (κ2) is 15.1. The van der Waals surface area contributed by atoms with Crippen LogP contribution in [0.3, 0.4) is 0 Å². The zero-order valence-corrected chi connectivity index (χ0v) is 31.4. The van der Waals surface area contributed by atoms with Crippen LogP contribution in [0.5, 0.6) is 5.75 Å². The highest BCUT2D eigenvalue weighted by Crippen LogP contribution is 2.34. The van der Waals surface area contributed by atoms with E-state index in [2.05, 4.69) is 37.4 Å². The van der Waals surface area contributed by atoms with Crippen molar-refractivity contribution in [1.82, 2.24) is 24.8 Å². The third kappa shape index (κ3) is 7.64. The van der Waals surface area contributed by atoms with Gasteiger partial charge in [-0.1, -0.05) is 18.2 Å². The first kappa shape index (κ1) is 36.7. The first-order valence-electron chi connectivity index (χ1n) is 18.5. The number of aromatic nitrogens is 3. The van der Waals surface area contributed by atoms with Gasteiger partial charge in [-0.15, -0.1) is 5.10 Å². The summed E-state index contributed by atoms with van der Waals surface area (Å²) >= 11 is 0. The van der Waals surface area contributed by atoms with Crippen molar-refractivity contribution in [2.24, 2.45) is 5.92 Å². The molecule has 5 aromatic rings. The monoisotopic (exact) mass is 776 g/mol.